The van der Waals surface area contributed by atoms with Crippen molar-refractivity contribution < 1.29 is 9.90 Å². The smallest absolute Gasteiger partial charge is 0.273 e. The van der Waals surface area contributed by atoms with Crippen molar-refractivity contribution in [2.75, 3.05) is 13.1 Å². The van der Waals surface area contributed by atoms with Gasteiger partial charge in [-0.05, 0) is 6.42 Å². The normalized spacial score (nSPS) is 22.2. The summed E-state index contributed by atoms with van der Waals surface area (Å²) in [5.41, 5.74) is 2.12. The number of aliphatic hydroxyl groups excluding tert-OH is 1. The fourth-order valence-corrected chi connectivity index (χ4v) is 1.93. The highest BCUT2D eigenvalue weighted by atomic mass is 32.1. The Bertz CT molecular complexity index is 299. The maximum absolute atomic E-state index is 11.6. The predicted octanol–water partition coefficient (Wildman–Crippen LogP) is 0.350. The SMILES string of the molecule is O=C(c1cscn1)N1CCC(O)C1. The zero-order valence-electron chi connectivity index (χ0n) is 7.01. The van der Waals surface area contributed by atoms with Crippen molar-refractivity contribution in [3.63, 3.8) is 0 Å². The van der Waals surface area contributed by atoms with Gasteiger partial charge in [0.2, 0.25) is 0 Å². The van der Waals surface area contributed by atoms with Crippen LogP contribution in [0.3, 0.4) is 0 Å². The lowest BCUT2D eigenvalue weighted by atomic mass is 10.3. The van der Waals surface area contributed by atoms with Gasteiger partial charge in [-0.3, -0.25) is 4.79 Å². The average molecular weight is 198 g/mol. The van der Waals surface area contributed by atoms with Crippen molar-refractivity contribution in [1.82, 2.24) is 9.88 Å². The van der Waals surface area contributed by atoms with Gasteiger partial charge in [0.05, 0.1) is 11.6 Å². The number of nitrogens with zero attached hydrogens (tertiary/aromatic N) is 2. The lowest BCUT2D eigenvalue weighted by molar-refractivity contribution is 0.0760. The van der Waals surface area contributed by atoms with Crippen LogP contribution in [-0.4, -0.2) is 40.1 Å². The van der Waals surface area contributed by atoms with Crippen LogP contribution in [0.2, 0.25) is 0 Å². The van der Waals surface area contributed by atoms with Crippen LogP contribution >= 0.6 is 11.3 Å². The molecule has 0 aromatic carbocycles. The number of rotatable bonds is 1. The zero-order chi connectivity index (χ0) is 9.26. The van der Waals surface area contributed by atoms with Gasteiger partial charge in [-0.2, -0.15) is 0 Å². The Kier molecular flexibility index (Phi) is 2.28. The van der Waals surface area contributed by atoms with Crippen LogP contribution < -0.4 is 0 Å². The van der Waals surface area contributed by atoms with Gasteiger partial charge in [-0.25, -0.2) is 4.98 Å². The third-order valence-electron chi connectivity index (χ3n) is 2.10. The van der Waals surface area contributed by atoms with Crippen LogP contribution in [0, 0.1) is 0 Å². The molecule has 0 bridgehead atoms. The van der Waals surface area contributed by atoms with E-state index in [1.165, 1.54) is 11.3 Å². The van der Waals surface area contributed by atoms with E-state index in [0.29, 0.717) is 25.2 Å². The highest BCUT2D eigenvalue weighted by molar-refractivity contribution is 7.07. The number of aliphatic hydroxyl groups is 1. The summed E-state index contributed by atoms with van der Waals surface area (Å²) in [6.07, 6.45) is 0.318. The topological polar surface area (TPSA) is 53.4 Å². The third-order valence-corrected chi connectivity index (χ3v) is 2.69. The number of likely N-dealkylation sites (tertiary alicyclic amines) is 1. The first kappa shape index (κ1) is 8.65. The summed E-state index contributed by atoms with van der Waals surface area (Å²) < 4.78 is 0. The van der Waals surface area contributed by atoms with Gasteiger partial charge in [0.25, 0.3) is 5.91 Å². The molecule has 1 saturated heterocycles. The van der Waals surface area contributed by atoms with Crippen molar-refractivity contribution in [2.24, 2.45) is 0 Å². The van der Waals surface area contributed by atoms with Crippen molar-refractivity contribution in [2.45, 2.75) is 12.5 Å². The molecular weight excluding hydrogens is 188 g/mol. The molecule has 5 heteroatoms. The summed E-state index contributed by atoms with van der Waals surface area (Å²) in [6, 6.07) is 0. The molecule has 70 valence electrons. The molecule has 1 aliphatic rings. The van der Waals surface area contributed by atoms with E-state index in [-0.39, 0.29) is 12.0 Å². The van der Waals surface area contributed by atoms with Gasteiger partial charge < -0.3 is 10.0 Å². The summed E-state index contributed by atoms with van der Waals surface area (Å²) in [6.45, 7) is 1.08. The van der Waals surface area contributed by atoms with Crippen molar-refractivity contribution in [3.05, 3.63) is 16.6 Å². The minimum Gasteiger partial charge on any atom is -0.391 e. The zero-order valence-corrected chi connectivity index (χ0v) is 7.83. The minimum atomic E-state index is -0.359. The quantitative estimate of drug-likeness (QED) is 0.708. The number of hydrogen-bond acceptors (Lipinski definition) is 4. The van der Waals surface area contributed by atoms with Gasteiger partial charge in [0.1, 0.15) is 5.69 Å². The Morgan fingerprint density at radius 2 is 2.62 bits per heavy atom. The van der Waals surface area contributed by atoms with E-state index >= 15 is 0 Å². The summed E-state index contributed by atoms with van der Waals surface area (Å²) >= 11 is 1.41. The van der Waals surface area contributed by atoms with E-state index in [2.05, 4.69) is 4.98 Å². The number of aromatic nitrogens is 1. The Labute approximate surface area is 79.8 Å². The van der Waals surface area contributed by atoms with E-state index in [4.69, 9.17) is 0 Å². The second kappa shape index (κ2) is 3.43. The molecule has 0 spiro atoms. The highest BCUT2D eigenvalue weighted by Crippen LogP contribution is 2.13. The molecule has 1 aromatic rings. The van der Waals surface area contributed by atoms with Gasteiger partial charge in [-0.1, -0.05) is 0 Å². The van der Waals surface area contributed by atoms with E-state index in [0.717, 1.165) is 0 Å². The van der Waals surface area contributed by atoms with Crippen molar-refractivity contribution >= 4 is 17.2 Å². The number of amides is 1. The van der Waals surface area contributed by atoms with E-state index in [9.17, 15) is 9.90 Å². The molecule has 1 fully saturated rings. The lowest BCUT2D eigenvalue weighted by Gasteiger charge is -2.13. The monoisotopic (exact) mass is 198 g/mol. The first-order valence-corrected chi connectivity index (χ1v) is 5.07. The molecule has 0 radical (unpaired) electrons. The van der Waals surface area contributed by atoms with E-state index in [1.54, 1.807) is 15.8 Å². The Morgan fingerprint density at radius 1 is 1.77 bits per heavy atom. The molecule has 0 saturated carbocycles. The largest absolute Gasteiger partial charge is 0.391 e. The maximum Gasteiger partial charge on any atom is 0.273 e. The molecule has 1 unspecified atom stereocenters. The molecule has 1 amide bonds. The summed E-state index contributed by atoms with van der Waals surface area (Å²) in [5, 5.41) is 11.0. The molecule has 1 N–H and O–H groups in total. The van der Waals surface area contributed by atoms with Crippen LogP contribution in [0.4, 0.5) is 0 Å². The molecule has 0 aliphatic carbocycles. The Hall–Kier alpha value is -0.940. The van der Waals surface area contributed by atoms with Gasteiger partial charge in [-0.15, -0.1) is 11.3 Å². The molecular formula is C8H10N2O2S. The van der Waals surface area contributed by atoms with Gasteiger partial charge in [0, 0.05) is 18.5 Å². The molecule has 2 heterocycles. The number of β-amino-alcohol motifs (C(OH)–C–C–N with tert-alkyl or cyclic N) is 1. The maximum atomic E-state index is 11.6. The fourth-order valence-electron chi connectivity index (χ4n) is 1.41. The van der Waals surface area contributed by atoms with Crippen molar-refractivity contribution in [3.8, 4) is 0 Å². The summed E-state index contributed by atoms with van der Waals surface area (Å²) in [5.74, 6) is -0.0715. The number of hydrogen-bond donors (Lipinski definition) is 1. The molecule has 2 rings (SSSR count). The first-order chi connectivity index (χ1) is 6.27. The molecule has 13 heavy (non-hydrogen) atoms. The van der Waals surface area contributed by atoms with Gasteiger partial charge in [0.15, 0.2) is 0 Å². The average Bonchev–Trinajstić information content (AvgIpc) is 2.72. The Morgan fingerprint density at radius 3 is 3.15 bits per heavy atom. The molecule has 1 aliphatic heterocycles. The lowest BCUT2D eigenvalue weighted by Crippen LogP contribution is -2.29. The molecule has 1 atom stereocenters. The number of carbonyl (C=O) groups excluding carboxylic acids is 1. The Balaban J connectivity index is 2.06. The van der Waals surface area contributed by atoms with Gasteiger partial charge >= 0.3 is 0 Å². The van der Waals surface area contributed by atoms with Crippen molar-refractivity contribution in [1.29, 1.82) is 0 Å². The minimum absolute atomic E-state index is 0.0715. The first-order valence-electron chi connectivity index (χ1n) is 4.13. The summed E-state index contributed by atoms with van der Waals surface area (Å²) in [7, 11) is 0. The standard InChI is InChI=1S/C8H10N2O2S/c11-6-1-2-10(3-6)8(12)7-4-13-5-9-7/h4-6,11H,1-3H2. The van der Waals surface area contributed by atoms with Crippen LogP contribution in [0.25, 0.3) is 0 Å². The van der Waals surface area contributed by atoms with Crippen LogP contribution in [0.15, 0.2) is 10.9 Å². The number of carbonyl (C=O) groups is 1. The van der Waals surface area contributed by atoms with Crippen LogP contribution in [0.5, 0.6) is 0 Å². The summed E-state index contributed by atoms with van der Waals surface area (Å²) in [4.78, 5) is 17.2. The van der Waals surface area contributed by atoms with E-state index < -0.39 is 0 Å². The fraction of sp³-hybridized carbons (Fsp3) is 0.500. The second-order valence-corrected chi connectivity index (χ2v) is 3.79. The molecule has 4 nitrogen and oxygen atoms in total. The number of thiazole rings is 1. The molecule has 1 aromatic heterocycles. The van der Waals surface area contributed by atoms with E-state index in [1.807, 2.05) is 0 Å². The van der Waals surface area contributed by atoms with Crippen LogP contribution in [0.1, 0.15) is 16.9 Å². The predicted molar refractivity (Wildman–Crippen MR) is 48.6 cm³/mol. The highest BCUT2D eigenvalue weighted by Gasteiger charge is 2.25. The van der Waals surface area contributed by atoms with Crippen LogP contribution in [-0.2, 0) is 0 Å². The second-order valence-electron chi connectivity index (χ2n) is 3.07. The third kappa shape index (κ3) is 1.71.